The molecule has 1 aliphatic rings. The Morgan fingerprint density at radius 3 is 2.91 bits per heavy atom. The zero-order chi connectivity index (χ0) is 16.1. The molecule has 2 aromatic rings. The van der Waals surface area contributed by atoms with Crippen LogP contribution in [0.3, 0.4) is 0 Å². The van der Waals surface area contributed by atoms with Crippen molar-refractivity contribution in [3.63, 3.8) is 0 Å². The Hall–Kier alpha value is -2.47. The number of aromatic nitrogens is 1. The molecule has 6 heteroatoms. The van der Waals surface area contributed by atoms with Crippen LogP contribution >= 0.6 is 0 Å². The largest absolute Gasteiger partial charge is 0.337 e. The molecule has 1 aliphatic heterocycles. The van der Waals surface area contributed by atoms with Crippen LogP contribution in [0.15, 0.2) is 42.7 Å². The van der Waals surface area contributed by atoms with E-state index in [0.29, 0.717) is 6.54 Å². The number of nitrogens with zero attached hydrogens (tertiary/aromatic N) is 2. The number of fused-ring (bicyclic) bond motifs is 1. The maximum atomic E-state index is 13.4. The van der Waals surface area contributed by atoms with Gasteiger partial charge in [0.1, 0.15) is 0 Å². The van der Waals surface area contributed by atoms with E-state index in [1.807, 2.05) is 0 Å². The fourth-order valence-electron chi connectivity index (χ4n) is 2.72. The van der Waals surface area contributed by atoms with E-state index in [-0.39, 0.29) is 5.69 Å². The van der Waals surface area contributed by atoms with Crippen molar-refractivity contribution >= 4 is 11.7 Å². The Balaban J connectivity index is 1.43. The lowest BCUT2D eigenvalue weighted by molar-refractivity contribution is 0.239. The number of benzene rings is 1. The Morgan fingerprint density at radius 1 is 1.26 bits per heavy atom. The third kappa shape index (κ3) is 4.04. The lowest BCUT2D eigenvalue weighted by atomic mass is 10.00. The summed E-state index contributed by atoms with van der Waals surface area (Å²) in [6.07, 6.45) is 3.54. The molecule has 0 saturated carbocycles. The smallest absolute Gasteiger partial charge is 0.319 e. The lowest BCUT2D eigenvalue weighted by Gasteiger charge is -2.28. The highest BCUT2D eigenvalue weighted by molar-refractivity contribution is 5.89. The standard InChI is InChI=1S/C17H19FN4O/c18-15-11-19-7-5-16(15)21-17(23)20-8-10-22-9-6-13-3-1-2-4-14(13)12-22/h1-5,7,11H,6,8-10,12H2,(H2,19,20,21,23). The molecule has 2 amide bonds. The predicted molar refractivity (Wildman–Crippen MR) is 86.6 cm³/mol. The van der Waals surface area contributed by atoms with Gasteiger partial charge in [-0.05, 0) is 23.6 Å². The summed E-state index contributed by atoms with van der Waals surface area (Å²) in [4.78, 5) is 17.7. The third-order valence-electron chi connectivity index (χ3n) is 3.94. The van der Waals surface area contributed by atoms with E-state index in [0.717, 1.165) is 32.3 Å². The van der Waals surface area contributed by atoms with Gasteiger partial charge >= 0.3 is 6.03 Å². The van der Waals surface area contributed by atoms with E-state index in [2.05, 4.69) is 44.8 Å². The molecule has 0 spiro atoms. The number of hydrogen-bond acceptors (Lipinski definition) is 3. The minimum atomic E-state index is -0.546. The van der Waals surface area contributed by atoms with Gasteiger partial charge in [0.15, 0.2) is 5.82 Å². The van der Waals surface area contributed by atoms with Gasteiger partial charge in [0, 0.05) is 32.4 Å². The summed E-state index contributed by atoms with van der Waals surface area (Å²) in [7, 11) is 0. The van der Waals surface area contributed by atoms with Gasteiger partial charge in [-0.25, -0.2) is 9.18 Å². The van der Waals surface area contributed by atoms with Crippen molar-refractivity contribution in [3.8, 4) is 0 Å². The van der Waals surface area contributed by atoms with Crippen molar-refractivity contribution in [2.75, 3.05) is 25.0 Å². The molecule has 0 bridgehead atoms. The minimum absolute atomic E-state index is 0.129. The Bertz CT molecular complexity index is 692. The van der Waals surface area contributed by atoms with Crippen LogP contribution < -0.4 is 10.6 Å². The normalized spacial score (nSPS) is 14.1. The van der Waals surface area contributed by atoms with E-state index >= 15 is 0 Å². The van der Waals surface area contributed by atoms with Crippen molar-refractivity contribution in [2.45, 2.75) is 13.0 Å². The highest BCUT2D eigenvalue weighted by Crippen LogP contribution is 2.17. The molecule has 1 aromatic carbocycles. The number of anilines is 1. The highest BCUT2D eigenvalue weighted by atomic mass is 19.1. The molecule has 0 aliphatic carbocycles. The fraction of sp³-hybridized carbons (Fsp3) is 0.294. The van der Waals surface area contributed by atoms with Gasteiger partial charge in [-0.15, -0.1) is 0 Å². The van der Waals surface area contributed by atoms with Crippen LogP contribution in [-0.4, -0.2) is 35.5 Å². The first-order chi connectivity index (χ1) is 11.2. The van der Waals surface area contributed by atoms with Crippen LogP contribution in [0.2, 0.25) is 0 Å². The van der Waals surface area contributed by atoms with Crippen LogP contribution in [0, 0.1) is 5.82 Å². The first-order valence-electron chi connectivity index (χ1n) is 7.66. The average molecular weight is 314 g/mol. The summed E-state index contributed by atoms with van der Waals surface area (Å²) < 4.78 is 13.4. The molecule has 0 radical (unpaired) electrons. The van der Waals surface area contributed by atoms with Crippen molar-refractivity contribution in [1.82, 2.24) is 15.2 Å². The number of carbonyl (C=O) groups excluding carboxylic acids is 1. The van der Waals surface area contributed by atoms with Crippen molar-refractivity contribution in [1.29, 1.82) is 0 Å². The molecular weight excluding hydrogens is 295 g/mol. The van der Waals surface area contributed by atoms with Gasteiger partial charge in [0.2, 0.25) is 0 Å². The molecule has 2 heterocycles. The molecule has 0 saturated heterocycles. The molecule has 2 N–H and O–H groups in total. The molecule has 1 aromatic heterocycles. The molecule has 3 rings (SSSR count). The molecule has 120 valence electrons. The second kappa shape index (κ2) is 7.19. The van der Waals surface area contributed by atoms with Crippen molar-refractivity contribution in [2.24, 2.45) is 0 Å². The van der Waals surface area contributed by atoms with Gasteiger partial charge in [0.05, 0.1) is 11.9 Å². The Labute approximate surface area is 134 Å². The lowest BCUT2D eigenvalue weighted by Crippen LogP contribution is -2.39. The Kier molecular flexibility index (Phi) is 4.83. The van der Waals surface area contributed by atoms with Crippen LogP contribution in [-0.2, 0) is 13.0 Å². The van der Waals surface area contributed by atoms with E-state index < -0.39 is 11.8 Å². The van der Waals surface area contributed by atoms with E-state index in [1.165, 1.54) is 23.4 Å². The first kappa shape index (κ1) is 15.4. The number of rotatable bonds is 4. The summed E-state index contributed by atoms with van der Waals surface area (Å²) in [5.74, 6) is -0.546. The van der Waals surface area contributed by atoms with Crippen LogP contribution in [0.5, 0.6) is 0 Å². The molecule has 0 unspecified atom stereocenters. The summed E-state index contributed by atoms with van der Waals surface area (Å²) in [6, 6.07) is 9.45. The number of urea groups is 1. The first-order valence-corrected chi connectivity index (χ1v) is 7.66. The second-order valence-corrected chi connectivity index (χ2v) is 5.53. The third-order valence-corrected chi connectivity index (χ3v) is 3.94. The summed E-state index contributed by atoms with van der Waals surface area (Å²) >= 11 is 0. The molecule has 5 nitrogen and oxygen atoms in total. The van der Waals surface area contributed by atoms with Gasteiger partial charge in [-0.2, -0.15) is 0 Å². The molecule has 0 fully saturated rings. The van der Waals surface area contributed by atoms with Crippen molar-refractivity contribution < 1.29 is 9.18 Å². The summed E-state index contributed by atoms with van der Waals surface area (Å²) in [6.45, 7) is 3.17. The topological polar surface area (TPSA) is 57.3 Å². The zero-order valence-electron chi connectivity index (χ0n) is 12.8. The second-order valence-electron chi connectivity index (χ2n) is 5.53. The maximum absolute atomic E-state index is 13.4. The minimum Gasteiger partial charge on any atom is -0.337 e. The van der Waals surface area contributed by atoms with E-state index in [9.17, 15) is 9.18 Å². The average Bonchev–Trinajstić information content (AvgIpc) is 2.57. The Morgan fingerprint density at radius 2 is 2.09 bits per heavy atom. The van der Waals surface area contributed by atoms with Crippen LogP contribution in [0.25, 0.3) is 0 Å². The van der Waals surface area contributed by atoms with Crippen molar-refractivity contribution in [3.05, 3.63) is 59.7 Å². The number of amides is 2. The van der Waals surface area contributed by atoms with E-state index in [1.54, 1.807) is 0 Å². The van der Waals surface area contributed by atoms with Crippen LogP contribution in [0.1, 0.15) is 11.1 Å². The number of carbonyl (C=O) groups is 1. The molecule has 0 atom stereocenters. The number of halogens is 1. The van der Waals surface area contributed by atoms with Gasteiger partial charge in [-0.1, -0.05) is 24.3 Å². The van der Waals surface area contributed by atoms with E-state index in [4.69, 9.17) is 0 Å². The summed E-state index contributed by atoms with van der Waals surface area (Å²) in [5, 5.41) is 5.23. The number of pyridine rings is 1. The highest BCUT2D eigenvalue weighted by Gasteiger charge is 2.15. The van der Waals surface area contributed by atoms with Gasteiger partial charge in [-0.3, -0.25) is 9.88 Å². The molecular formula is C17H19FN4O. The monoisotopic (exact) mass is 314 g/mol. The predicted octanol–water partition coefficient (Wildman–Crippen LogP) is 2.40. The number of nitrogens with one attached hydrogen (secondary N) is 2. The quantitative estimate of drug-likeness (QED) is 0.911. The number of hydrogen-bond donors (Lipinski definition) is 2. The maximum Gasteiger partial charge on any atom is 0.319 e. The van der Waals surface area contributed by atoms with Gasteiger partial charge in [0.25, 0.3) is 0 Å². The SMILES string of the molecule is O=C(NCCN1CCc2ccccc2C1)Nc1ccncc1F. The fourth-order valence-corrected chi connectivity index (χ4v) is 2.72. The summed E-state index contributed by atoms with van der Waals surface area (Å²) in [5.41, 5.74) is 2.88. The van der Waals surface area contributed by atoms with Crippen LogP contribution in [0.4, 0.5) is 14.9 Å². The van der Waals surface area contributed by atoms with Gasteiger partial charge < -0.3 is 10.6 Å². The molecule has 23 heavy (non-hydrogen) atoms. The zero-order valence-corrected chi connectivity index (χ0v) is 12.8.